The predicted molar refractivity (Wildman–Crippen MR) is 72.6 cm³/mol. The molecule has 2 rings (SSSR count). The average molecular weight is 286 g/mol. The lowest BCUT2D eigenvalue weighted by molar-refractivity contribution is -0.137. The summed E-state index contributed by atoms with van der Waals surface area (Å²) in [7, 11) is 1.72. The zero-order valence-corrected chi connectivity index (χ0v) is 11.7. The van der Waals surface area contributed by atoms with E-state index in [-0.39, 0.29) is 0 Å². The van der Waals surface area contributed by atoms with Gasteiger partial charge in [0.05, 0.1) is 5.56 Å². The monoisotopic (exact) mass is 286 g/mol. The summed E-state index contributed by atoms with van der Waals surface area (Å²) in [6, 6.07) is 5.69. The summed E-state index contributed by atoms with van der Waals surface area (Å²) in [4.78, 5) is 0. The maximum Gasteiger partial charge on any atom is 0.416 e. The van der Waals surface area contributed by atoms with Crippen LogP contribution in [-0.2, 0) is 10.9 Å². The Bertz CT molecular complexity index is 403. The molecule has 0 bridgehead atoms. The predicted octanol–water partition coefficient (Wildman–Crippen LogP) is 5.02. The van der Waals surface area contributed by atoms with E-state index in [1.54, 1.807) is 19.2 Å². The van der Waals surface area contributed by atoms with Gasteiger partial charge in [-0.15, -0.1) is 0 Å². The number of hydrogen-bond acceptors (Lipinski definition) is 1. The minimum absolute atomic E-state index is 0.413. The van der Waals surface area contributed by atoms with Gasteiger partial charge in [0.25, 0.3) is 0 Å². The lowest BCUT2D eigenvalue weighted by atomic mass is 9.77. The molecule has 0 radical (unpaired) electrons. The van der Waals surface area contributed by atoms with Crippen LogP contribution in [0.15, 0.2) is 24.3 Å². The molecule has 0 amide bonds. The van der Waals surface area contributed by atoms with E-state index in [2.05, 4.69) is 0 Å². The van der Waals surface area contributed by atoms with Gasteiger partial charge in [0.15, 0.2) is 0 Å². The van der Waals surface area contributed by atoms with Gasteiger partial charge in [-0.2, -0.15) is 13.2 Å². The van der Waals surface area contributed by atoms with Crippen LogP contribution in [0.1, 0.15) is 49.1 Å². The van der Waals surface area contributed by atoms with E-state index in [9.17, 15) is 13.2 Å². The number of alkyl halides is 3. The van der Waals surface area contributed by atoms with Gasteiger partial charge in [-0.25, -0.2) is 0 Å². The maximum absolute atomic E-state index is 12.5. The van der Waals surface area contributed by atoms with E-state index in [1.807, 2.05) is 0 Å². The van der Waals surface area contributed by atoms with Crippen LogP contribution < -0.4 is 0 Å². The fourth-order valence-corrected chi connectivity index (χ4v) is 3.01. The molecule has 1 aliphatic carbocycles. The molecule has 1 aromatic carbocycles. The number of halogens is 3. The number of ether oxygens (including phenoxy) is 1. The van der Waals surface area contributed by atoms with E-state index >= 15 is 0 Å². The first-order valence-corrected chi connectivity index (χ1v) is 7.17. The van der Waals surface area contributed by atoms with Crippen LogP contribution in [-0.4, -0.2) is 13.7 Å². The highest BCUT2D eigenvalue weighted by molar-refractivity contribution is 5.27. The van der Waals surface area contributed by atoms with Crippen molar-refractivity contribution in [3.05, 3.63) is 35.4 Å². The Balaban J connectivity index is 1.90. The molecular formula is C16H21F3O. The molecule has 0 saturated heterocycles. The topological polar surface area (TPSA) is 9.23 Å². The van der Waals surface area contributed by atoms with Crippen LogP contribution in [0.2, 0.25) is 0 Å². The molecule has 0 N–H and O–H groups in total. The van der Waals surface area contributed by atoms with Gasteiger partial charge in [-0.05, 0) is 61.6 Å². The fraction of sp³-hybridized carbons (Fsp3) is 0.625. The molecule has 1 aliphatic rings. The number of hydrogen-bond donors (Lipinski definition) is 0. The third-order valence-corrected chi connectivity index (χ3v) is 4.29. The van der Waals surface area contributed by atoms with Crippen molar-refractivity contribution in [2.45, 2.75) is 44.2 Å². The highest BCUT2D eigenvalue weighted by Gasteiger charge is 2.30. The first-order valence-electron chi connectivity index (χ1n) is 7.17. The maximum atomic E-state index is 12.5. The lowest BCUT2D eigenvalue weighted by Crippen LogP contribution is -2.15. The first-order chi connectivity index (χ1) is 9.50. The van der Waals surface area contributed by atoms with E-state index < -0.39 is 11.7 Å². The highest BCUT2D eigenvalue weighted by Crippen LogP contribution is 2.38. The molecule has 112 valence electrons. The van der Waals surface area contributed by atoms with Gasteiger partial charge >= 0.3 is 6.18 Å². The molecule has 4 heteroatoms. The van der Waals surface area contributed by atoms with Gasteiger partial charge < -0.3 is 4.74 Å². The van der Waals surface area contributed by atoms with Crippen LogP contribution in [0.3, 0.4) is 0 Å². The number of rotatable bonds is 4. The van der Waals surface area contributed by atoms with Crippen molar-refractivity contribution < 1.29 is 17.9 Å². The second-order valence-corrected chi connectivity index (χ2v) is 5.62. The zero-order valence-electron chi connectivity index (χ0n) is 11.7. The van der Waals surface area contributed by atoms with E-state index in [4.69, 9.17) is 4.74 Å². The number of methoxy groups -OCH3 is 1. The normalized spacial score (nSPS) is 23.8. The largest absolute Gasteiger partial charge is 0.416 e. The Labute approximate surface area is 118 Å². The van der Waals surface area contributed by atoms with Gasteiger partial charge in [0, 0.05) is 13.7 Å². The zero-order chi connectivity index (χ0) is 14.6. The van der Waals surface area contributed by atoms with Gasteiger partial charge in [0.2, 0.25) is 0 Å². The van der Waals surface area contributed by atoms with Gasteiger partial charge in [-0.1, -0.05) is 12.1 Å². The summed E-state index contributed by atoms with van der Waals surface area (Å²) in [6.45, 7) is 0.801. The van der Waals surface area contributed by atoms with Gasteiger partial charge in [-0.3, -0.25) is 0 Å². The van der Waals surface area contributed by atoms with Crippen molar-refractivity contribution in [3.63, 3.8) is 0 Å². The van der Waals surface area contributed by atoms with Crippen LogP contribution in [0, 0.1) is 5.92 Å². The number of benzene rings is 1. The fourth-order valence-electron chi connectivity index (χ4n) is 3.01. The quantitative estimate of drug-likeness (QED) is 0.755. The molecule has 1 nitrogen and oxygen atoms in total. The molecule has 0 heterocycles. The SMILES string of the molecule is COCC[C@H]1CC[C@H](c2ccc(C(F)(F)F)cc2)CC1. The Morgan fingerprint density at radius 2 is 1.65 bits per heavy atom. The Morgan fingerprint density at radius 3 is 2.15 bits per heavy atom. The van der Waals surface area contributed by atoms with Crippen LogP contribution in [0.25, 0.3) is 0 Å². The first kappa shape index (κ1) is 15.4. The van der Waals surface area contributed by atoms with Gasteiger partial charge in [0.1, 0.15) is 0 Å². The van der Waals surface area contributed by atoms with Crippen LogP contribution in [0.4, 0.5) is 13.2 Å². The third kappa shape index (κ3) is 3.98. The molecule has 1 aromatic rings. The van der Waals surface area contributed by atoms with Crippen molar-refractivity contribution in [2.24, 2.45) is 5.92 Å². The van der Waals surface area contributed by atoms with E-state index in [0.29, 0.717) is 11.8 Å². The summed E-state index contributed by atoms with van der Waals surface area (Å²) in [6.07, 6.45) is 1.29. The Hall–Kier alpha value is -1.03. The molecule has 20 heavy (non-hydrogen) atoms. The third-order valence-electron chi connectivity index (χ3n) is 4.29. The summed E-state index contributed by atoms with van der Waals surface area (Å²) in [5, 5.41) is 0. The van der Waals surface area contributed by atoms with Crippen LogP contribution >= 0.6 is 0 Å². The molecule has 1 saturated carbocycles. The molecule has 0 atom stereocenters. The Kier molecular flexibility index (Phi) is 5.08. The van der Waals surface area contributed by atoms with Crippen molar-refractivity contribution >= 4 is 0 Å². The average Bonchev–Trinajstić information content (AvgIpc) is 2.45. The van der Waals surface area contributed by atoms with Crippen molar-refractivity contribution in [3.8, 4) is 0 Å². The molecular weight excluding hydrogens is 265 g/mol. The van der Waals surface area contributed by atoms with Crippen LogP contribution in [0.5, 0.6) is 0 Å². The molecule has 0 aromatic heterocycles. The molecule has 0 spiro atoms. The molecule has 1 fully saturated rings. The minimum Gasteiger partial charge on any atom is -0.385 e. The summed E-state index contributed by atoms with van der Waals surface area (Å²) in [5.41, 5.74) is 0.484. The molecule has 0 aliphatic heterocycles. The summed E-state index contributed by atoms with van der Waals surface area (Å²) >= 11 is 0. The second kappa shape index (κ2) is 6.61. The smallest absolute Gasteiger partial charge is 0.385 e. The van der Waals surface area contributed by atoms with Crippen molar-refractivity contribution in [2.75, 3.05) is 13.7 Å². The Morgan fingerprint density at radius 1 is 1.05 bits per heavy atom. The van der Waals surface area contributed by atoms with Crippen molar-refractivity contribution in [1.29, 1.82) is 0 Å². The molecule has 0 unspecified atom stereocenters. The minimum atomic E-state index is -4.24. The summed E-state index contributed by atoms with van der Waals surface area (Å²) < 4.78 is 42.7. The van der Waals surface area contributed by atoms with E-state index in [0.717, 1.165) is 44.3 Å². The van der Waals surface area contributed by atoms with Crippen molar-refractivity contribution in [1.82, 2.24) is 0 Å². The second-order valence-electron chi connectivity index (χ2n) is 5.62. The summed E-state index contributed by atoms with van der Waals surface area (Å²) in [5.74, 6) is 1.12. The van der Waals surface area contributed by atoms with E-state index in [1.165, 1.54) is 12.1 Å². The highest BCUT2D eigenvalue weighted by atomic mass is 19.4. The lowest BCUT2D eigenvalue weighted by Gasteiger charge is -2.28. The standard InChI is InChI=1S/C16H21F3O/c1-20-11-10-12-2-4-13(5-3-12)14-6-8-15(9-7-14)16(17,18)19/h6-9,12-13H,2-5,10-11H2,1H3/t12-,13-.